The molecule has 0 atom stereocenters. The van der Waals surface area contributed by atoms with Gasteiger partial charge in [-0.3, -0.25) is 15.0 Å². The van der Waals surface area contributed by atoms with Crippen LogP contribution < -0.4 is 0 Å². The van der Waals surface area contributed by atoms with Crippen LogP contribution in [0.5, 0.6) is 0 Å². The first-order valence-corrected chi connectivity index (χ1v) is 39.5. The zero-order valence-corrected chi connectivity index (χ0v) is 62.4. The molecule has 0 saturated carbocycles. The van der Waals surface area contributed by atoms with Gasteiger partial charge in [-0.1, -0.05) is 176 Å². The van der Waals surface area contributed by atoms with Crippen LogP contribution in [0.3, 0.4) is 0 Å². The molecule has 0 aliphatic carbocycles. The summed E-state index contributed by atoms with van der Waals surface area (Å²) in [6, 6.07) is 130. The third kappa shape index (κ3) is 9.15. The van der Waals surface area contributed by atoms with Crippen LogP contribution in [0.4, 0.5) is 0 Å². The molecule has 11 heteroatoms. The number of benzene rings is 15. The predicted octanol–water partition coefficient (Wildman–Crippen LogP) is 26.3. The molecule has 11 nitrogen and oxygen atoms in total. The molecule has 0 N–H and O–H groups in total. The Morgan fingerprint density at radius 3 is 0.690 bits per heavy atom. The summed E-state index contributed by atoms with van der Waals surface area (Å²) in [6.45, 7) is 0. The van der Waals surface area contributed by atoms with Gasteiger partial charge < -0.3 is 36.5 Å². The van der Waals surface area contributed by atoms with Gasteiger partial charge in [-0.25, -0.2) is 0 Å². The first-order valence-electron chi connectivity index (χ1n) is 39.5. The summed E-state index contributed by atoms with van der Waals surface area (Å²) in [4.78, 5) is 13.8. The highest BCUT2D eigenvalue weighted by atomic mass is 15.1. The van der Waals surface area contributed by atoms with Crippen molar-refractivity contribution < 1.29 is 0 Å². The maximum Gasteiger partial charge on any atom is 0.0641 e. The number of fused-ring (bicyclic) bond motifs is 26. The molecular formula is C105H65N11. The van der Waals surface area contributed by atoms with Crippen LogP contribution in [0.15, 0.2) is 395 Å². The van der Waals surface area contributed by atoms with Crippen LogP contribution in [0.1, 0.15) is 0 Å². The molecule has 0 aliphatic rings. The zero-order chi connectivity index (χ0) is 75.8. The average molecular weight is 1480 g/mol. The van der Waals surface area contributed by atoms with Crippen LogP contribution in [-0.4, -0.2) is 51.5 Å². The van der Waals surface area contributed by atoms with Crippen molar-refractivity contribution >= 4 is 174 Å². The van der Waals surface area contributed by atoms with E-state index in [2.05, 4.69) is 409 Å². The van der Waals surface area contributed by atoms with Gasteiger partial charge in [-0.2, -0.15) is 0 Å². The second-order valence-corrected chi connectivity index (χ2v) is 30.3. The van der Waals surface area contributed by atoms with Crippen LogP contribution in [0.25, 0.3) is 220 Å². The fourth-order valence-electron chi connectivity index (χ4n) is 19.6. The minimum Gasteiger partial charge on any atom is -0.309 e. The summed E-state index contributed by atoms with van der Waals surface area (Å²) in [7, 11) is 0. The summed E-state index contributed by atoms with van der Waals surface area (Å²) >= 11 is 0. The fourth-order valence-corrected chi connectivity index (χ4v) is 19.6. The molecule has 0 unspecified atom stereocenters. The van der Waals surface area contributed by atoms with Crippen molar-refractivity contribution in [3.63, 3.8) is 0 Å². The molecule has 0 fully saturated rings. The molecule has 26 rings (SSSR count). The lowest BCUT2D eigenvalue weighted by Gasteiger charge is -2.12. The van der Waals surface area contributed by atoms with Gasteiger partial charge in [-0.05, 0) is 182 Å². The lowest BCUT2D eigenvalue weighted by Crippen LogP contribution is -1.97. The zero-order valence-electron chi connectivity index (χ0n) is 62.4. The summed E-state index contributed by atoms with van der Waals surface area (Å²) in [6.07, 6.45) is 11.7. The molecule has 26 aromatic rings. The molecule has 0 bridgehead atoms. The Labute approximate surface area is 662 Å². The lowest BCUT2D eigenvalue weighted by atomic mass is 10.1. The Morgan fingerprint density at radius 1 is 0.138 bits per heavy atom. The first-order chi connectivity index (χ1) is 57.6. The summed E-state index contributed by atoms with van der Waals surface area (Å²) in [5.74, 6) is 0. The number of para-hydroxylation sites is 9. The van der Waals surface area contributed by atoms with E-state index in [0.29, 0.717) is 0 Å². The van der Waals surface area contributed by atoms with Gasteiger partial charge in [0.1, 0.15) is 0 Å². The topological polar surface area (TPSA) is 78.1 Å². The van der Waals surface area contributed by atoms with Crippen molar-refractivity contribution in [2.45, 2.75) is 0 Å². The number of aromatic nitrogens is 11. The predicted molar refractivity (Wildman–Crippen MR) is 481 cm³/mol. The van der Waals surface area contributed by atoms with Crippen LogP contribution in [-0.2, 0) is 0 Å². The smallest absolute Gasteiger partial charge is 0.0641 e. The molecule has 11 heterocycles. The highest BCUT2D eigenvalue weighted by Gasteiger charge is 2.27. The van der Waals surface area contributed by atoms with Gasteiger partial charge in [0.25, 0.3) is 0 Å². The van der Waals surface area contributed by atoms with E-state index in [-0.39, 0.29) is 0 Å². The fraction of sp³-hybridized carbons (Fsp3) is 0. The SMILES string of the molecule is c1ccc(-n2c3ccccc3c3cc(-n4c5ccccc5c5c4ccc4c6ccccc6n(-c6ccc7c(c6)c6cnccc6n7-c6ccccc6)c45)ccc32)cc1.c1ccc(-n2c3ccncc3c3cc(-n4c5ccccc5c5c4ccc4c6ccccc6n(-c6ccc7c(c6)c6cnccc6n7-c6ccccc6)c45)ccc32)cc1. The second-order valence-electron chi connectivity index (χ2n) is 30.3. The normalized spacial score (nSPS) is 12.1. The van der Waals surface area contributed by atoms with Crippen LogP contribution in [0.2, 0.25) is 0 Å². The molecular weight excluding hydrogens is 1420 g/mol. The molecule has 540 valence electrons. The van der Waals surface area contributed by atoms with E-state index in [1.165, 1.54) is 120 Å². The van der Waals surface area contributed by atoms with E-state index in [4.69, 9.17) is 0 Å². The maximum absolute atomic E-state index is 4.60. The molecule has 0 amide bonds. The van der Waals surface area contributed by atoms with Gasteiger partial charge in [0.2, 0.25) is 0 Å². The quantitative estimate of drug-likeness (QED) is 0.152. The molecule has 15 aromatic carbocycles. The minimum atomic E-state index is 1.11. The van der Waals surface area contributed by atoms with E-state index in [1.54, 1.807) is 0 Å². The standard InChI is InChI=1S/C53H33N5.C52H32N6/c1-3-13-34(14-4-1)55-45-20-10-8-18-39(45)42-31-36(23-26-48(42)55)57-47-22-12-9-19-41(47)52-51(57)28-25-40-38-17-7-11-21-46(38)58(53(40)52)37-24-27-49-43(32-37)44-33-54-30-29-50(44)56(49)35-15-5-2-6-16-35;1-3-11-33(12-4-1)55-46-22-19-35(29-40(46)42-31-53-27-25-48(42)55)57-45-18-10-8-16-39(45)51-50(57)24-21-38-37-15-7-9-17-44(37)58(52(38)51)36-20-23-47-41(30-36)43-32-54-28-26-49(43)56(47)34-13-5-2-6-14-34/h1-33H;1-32H. The van der Waals surface area contributed by atoms with Crippen molar-refractivity contribution in [2.75, 3.05) is 0 Å². The van der Waals surface area contributed by atoms with E-state index in [0.717, 1.165) is 100 Å². The maximum atomic E-state index is 4.60. The molecule has 11 aromatic heterocycles. The van der Waals surface area contributed by atoms with E-state index < -0.39 is 0 Å². The Kier molecular flexibility index (Phi) is 13.7. The van der Waals surface area contributed by atoms with E-state index >= 15 is 0 Å². The highest BCUT2D eigenvalue weighted by Crippen LogP contribution is 2.48. The van der Waals surface area contributed by atoms with Crippen molar-refractivity contribution in [3.8, 4) is 45.5 Å². The van der Waals surface area contributed by atoms with E-state index in [9.17, 15) is 0 Å². The Morgan fingerprint density at radius 2 is 0.362 bits per heavy atom. The van der Waals surface area contributed by atoms with Gasteiger partial charge in [0.05, 0.1) is 88.3 Å². The molecule has 0 saturated heterocycles. The monoisotopic (exact) mass is 1480 g/mol. The largest absolute Gasteiger partial charge is 0.309 e. The van der Waals surface area contributed by atoms with Crippen LogP contribution >= 0.6 is 0 Å². The Hall–Kier alpha value is -15.9. The van der Waals surface area contributed by atoms with Gasteiger partial charge in [-0.15, -0.1) is 0 Å². The van der Waals surface area contributed by atoms with Gasteiger partial charge >= 0.3 is 0 Å². The Balaban J connectivity index is 0.000000130. The Bertz CT molecular complexity index is 8080. The van der Waals surface area contributed by atoms with Crippen LogP contribution in [0, 0.1) is 0 Å². The molecule has 0 radical (unpaired) electrons. The highest BCUT2D eigenvalue weighted by molar-refractivity contribution is 6.29. The van der Waals surface area contributed by atoms with Gasteiger partial charge in [0, 0.05) is 169 Å². The number of hydrogen-bond acceptors (Lipinski definition) is 3. The van der Waals surface area contributed by atoms with Crippen molar-refractivity contribution in [3.05, 3.63) is 395 Å². The molecule has 0 spiro atoms. The number of pyridine rings is 3. The third-order valence-electron chi connectivity index (χ3n) is 24.3. The van der Waals surface area contributed by atoms with Crippen molar-refractivity contribution in [1.29, 1.82) is 0 Å². The molecule has 0 aliphatic heterocycles. The summed E-state index contributed by atoms with van der Waals surface area (Å²) < 4.78 is 19.3. The van der Waals surface area contributed by atoms with Crippen molar-refractivity contribution in [2.24, 2.45) is 0 Å². The minimum absolute atomic E-state index is 1.11. The lowest BCUT2D eigenvalue weighted by molar-refractivity contribution is 1.16. The van der Waals surface area contributed by atoms with Crippen molar-refractivity contribution in [1.82, 2.24) is 51.5 Å². The summed E-state index contributed by atoms with van der Waals surface area (Å²) in [5, 5.41) is 19.2. The van der Waals surface area contributed by atoms with Gasteiger partial charge in [0.15, 0.2) is 0 Å². The number of nitrogens with zero attached hydrogens (tertiary/aromatic N) is 11. The molecule has 116 heavy (non-hydrogen) atoms. The van der Waals surface area contributed by atoms with E-state index in [1.807, 2.05) is 37.2 Å². The second kappa shape index (κ2) is 24.8. The summed E-state index contributed by atoms with van der Waals surface area (Å²) in [5.41, 5.74) is 27.8. The number of hydrogen-bond donors (Lipinski definition) is 0. The third-order valence-corrected chi connectivity index (χ3v) is 24.3. The number of rotatable bonds is 8. The average Bonchev–Trinajstić information content (AvgIpc) is 1.54. The first kappa shape index (κ1) is 63.9.